The average Bonchev–Trinajstić information content (AvgIpc) is 3.03. The number of nitrogens with zero attached hydrogens (tertiary/aromatic N) is 2. The summed E-state index contributed by atoms with van der Waals surface area (Å²) < 4.78 is 25.7. The molecule has 0 spiro atoms. The van der Waals surface area contributed by atoms with Gasteiger partial charge in [-0.25, -0.2) is 14.2 Å². The van der Waals surface area contributed by atoms with Crippen molar-refractivity contribution in [2.24, 2.45) is 0 Å². The van der Waals surface area contributed by atoms with E-state index in [4.69, 9.17) is 9.47 Å². The highest BCUT2D eigenvalue weighted by Gasteiger charge is 2.13. The molecule has 0 amide bonds. The lowest BCUT2D eigenvalue weighted by molar-refractivity contribution is 0.0526. The quantitative estimate of drug-likeness (QED) is 0.322. The van der Waals surface area contributed by atoms with Crippen molar-refractivity contribution >= 4 is 28.8 Å². The van der Waals surface area contributed by atoms with Crippen LogP contribution in [0.15, 0.2) is 47.6 Å². The van der Waals surface area contributed by atoms with E-state index in [-0.39, 0.29) is 11.8 Å². The predicted molar refractivity (Wildman–Crippen MR) is 104 cm³/mol. The maximum atomic E-state index is 12.9. The van der Waals surface area contributed by atoms with Crippen LogP contribution in [-0.2, 0) is 11.3 Å². The number of aryl methyl sites for hydroxylation is 1. The van der Waals surface area contributed by atoms with Crippen molar-refractivity contribution < 1.29 is 18.7 Å². The molecule has 0 unspecified atom stereocenters. The number of aromatic nitrogens is 2. The van der Waals surface area contributed by atoms with E-state index in [0.29, 0.717) is 30.3 Å². The molecule has 0 bridgehead atoms. The van der Waals surface area contributed by atoms with Crippen molar-refractivity contribution in [1.82, 2.24) is 9.55 Å². The first kappa shape index (κ1) is 19.2. The van der Waals surface area contributed by atoms with Gasteiger partial charge in [-0.2, -0.15) is 0 Å². The SMILES string of the molecule is CCOC(=O)c1ccc2c(c1)nc(SCCOc1ccc(F)cc1)n2CC. The van der Waals surface area contributed by atoms with Crippen molar-refractivity contribution in [2.45, 2.75) is 25.5 Å². The van der Waals surface area contributed by atoms with Crippen molar-refractivity contribution in [1.29, 1.82) is 0 Å². The van der Waals surface area contributed by atoms with E-state index >= 15 is 0 Å². The second kappa shape index (κ2) is 8.90. The van der Waals surface area contributed by atoms with Crippen LogP contribution in [0.1, 0.15) is 24.2 Å². The van der Waals surface area contributed by atoms with Gasteiger partial charge in [0, 0.05) is 12.3 Å². The predicted octanol–water partition coefficient (Wildman–Crippen LogP) is 4.54. The molecule has 142 valence electrons. The number of hydrogen-bond donors (Lipinski definition) is 0. The Bertz CT molecular complexity index is 925. The minimum atomic E-state index is -0.340. The van der Waals surface area contributed by atoms with Crippen molar-refractivity contribution in [3.05, 3.63) is 53.8 Å². The Kier molecular flexibility index (Phi) is 6.34. The summed E-state index contributed by atoms with van der Waals surface area (Å²) in [6.07, 6.45) is 0. The van der Waals surface area contributed by atoms with E-state index in [1.165, 1.54) is 12.1 Å². The number of hydrogen-bond acceptors (Lipinski definition) is 5. The molecule has 3 aromatic rings. The van der Waals surface area contributed by atoms with Gasteiger partial charge in [-0.05, 0) is 56.3 Å². The Morgan fingerprint density at radius 2 is 1.96 bits per heavy atom. The third-order valence-electron chi connectivity index (χ3n) is 3.94. The maximum absolute atomic E-state index is 12.9. The third kappa shape index (κ3) is 4.60. The molecule has 0 aliphatic rings. The van der Waals surface area contributed by atoms with Gasteiger partial charge in [0.1, 0.15) is 11.6 Å². The highest BCUT2D eigenvalue weighted by atomic mass is 32.2. The molecule has 2 aromatic carbocycles. The average molecular weight is 388 g/mol. The summed E-state index contributed by atoms with van der Waals surface area (Å²) in [5.74, 6) is 0.716. The van der Waals surface area contributed by atoms with Crippen molar-refractivity contribution in [2.75, 3.05) is 19.0 Å². The summed E-state index contributed by atoms with van der Waals surface area (Å²) in [4.78, 5) is 16.6. The Balaban J connectivity index is 1.68. The number of imidazole rings is 1. The topological polar surface area (TPSA) is 53.4 Å². The Morgan fingerprint density at radius 1 is 1.19 bits per heavy atom. The summed E-state index contributed by atoms with van der Waals surface area (Å²) in [7, 11) is 0. The summed E-state index contributed by atoms with van der Waals surface area (Å²) in [5.41, 5.74) is 2.25. The highest BCUT2D eigenvalue weighted by molar-refractivity contribution is 7.99. The molecule has 3 rings (SSSR count). The van der Waals surface area contributed by atoms with Gasteiger partial charge in [-0.15, -0.1) is 0 Å². The smallest absolute Gasteiger partial charge is 0.338 e. The first-order chi connectivity index (χ1) is 13.1. The van der Waals surface area contributed by atoms with Gasteiger partial charge >= 0.3 is 5.97 Å². The molecular formula is C20H21FN2O3S. The van der Waals surface area contributed by atoms with Crippen LogP contribution in [0.5, 0.6) is 5.75 Å². The first-order valence-electron chi connectivity index (χ1n) is 8.81. The Morgan fingerprint density at radius 3 is 2.67 bits per heavy atom. The lowest BCUT2D eigenvalue weighted by Gasteiger charge is -2.07. The number of fused-ring (bicyclic) bond motifs is 1. The molecule has 7 heteroatoms. The molecule has 1 aromatic heterocycles. The van der Waals surface area contributed by atoms with Gasteiger partial charge in [0.25, 0.3) is 0 Å². The number of ether oxygens (including phenoxy) is 2. The van der Waals surface area contributed by atoms with Crippen LogP contribution in [0.4, 0.5) is 4.39 Å². The zero-order valence-electron chi connectivity index (χ0n) is 15.3. The summed E-state index contributed by atoms with van der Waals surface area (Å²) >= 11 is 1.58. The monoisotopic (exact) mass is 388 g/mol. The molecule has 5 nitrogen and oxygen atoms in total. The lowest BCUT2D eigenvalue weighted by Crippen LogP contribution is -2.04. The van der Waals surface area contributed by atoms with Crippen LogP contribution >= 0.6 is 11.8 Å². The molecule has 0 fully saturated rings. The maximum Gasteiger partial charge on any atom is 0.338 e. The van der Waals surface area contributed by atoms with Gasteiger partial charge < -0.3 is 14.0 Å². The number of carbonyl (C=O) groups excluding carboxylic acids is 1. The molecule has 1 heterocycles. The fourth-order valence-corrected chi connectivity index (χ4v) is 3.58. The third-order valence-corrected chi connectivity index (χ3v) is 4.88. The molecule has 27 heavy (non-hydrogen) atoms. The summed E-state index contributed by atoms with van der Waals surface area (Å²) in [5, 5.41) is 0.871. The van der Waals surface area contributed by atoms with E-state index in [2.05, 4.69) is 16.5 Å². The van der Waals surface area contributed by atoms with Crippen LogP contribution < -0.4 is 4.74 Å². The molecule has 0 radical (unpaired) electrons. The fourth-order valence-electron chi connectivity index (χ4n) is 2.69. The van der Waals surface area contributed by atoms with Crippen LogP contribution in [0.3, 0.4) is 0 Å². The normalized spacial score (nSPS) is 10.9. The minimum absolute atomic E-state index is 0.282. The number of esters is 1. The second-order valence-electron chi connectivity index (χ2n) is 5.71. The molecule has 0 N–H and O–H groups in total. The molecule has 0 aliphatic heterocycles. The Labute approximate surface area is 161 Å². The molecular weight excluding hydrogens is 367 g/mol. The number of carbonyl (C=O) groups is 1. The van der Waals surface area contributed by atoms with Gasteiger partial charge in [-0.3, -0.25) is 0 Å². The number of halogens is 1. The van der Waals surface area contributed by atoms with E-state index in [9.17, 15) is 9.18 Å². The Hall–Kier alpha value is -2.54. The van der Waals surface area contributed by atoms with E-state index < -0.39 is 0 Å². The van der Waals surface area contributed by atoms with Crippen molar-refractivity contribution in [3.63, 3.8) is 0 Å². The minimum Gasteiger partial charge on any atom is -0.493 e. The molecule has 0 aliphatic carbocycles. The van der Waals surface area contributed by atoms with Crippen molar-refractivity contribution in [3.8, 4) is 5.75 Å². The number of thioether (sulfide) groups is 1. The largest absolute Gasteiger partial charge is 0.493 e. The second-order valence-corrected chi connectivity index (χ2v) is 6.78. The molecule has 0 saturated carbocycles. The molecule has 0 saturated heterocycles. The lowest BCUT2D eigenvalue weighted by atomic mass is 10.2. The van der Waals surface area contributed by atoms with E-state index in [0.717, 1.165) is 22.7 Å². The number of rotatable bonds is 8. The molecule has 0 atom stereocenters. The van der Waals surface area contributed by atoms with E-state index in [1.54, 1.807) is 43.0 Å². The van der Waals surface area contributed by atoms with Crippen LogP contribution in [-0.4, -0.2) is 34.5 Å². The number of benzene rings is 2. The van der Waals surface area contributed by atoms with Gasteiger partial charge in [-0.1, -0.05) is 11.8 Å². The van der Waals surface area contributed by atoms with E-state index in [1.807, 2.05) is 6.07 Å². The first-order valence-corrected chi connectivity index (χ1v) is 9.79. The van der Waals surface area contributed by atoms with Gasteiger partial charge in [0.05, 0.1) is 29.8 Å². The highest BCUT2D eigenvalue weighted by Crippen LogP contribution is 2.25. The zero-order valence-corrected chi connectivity index (χ0v) is 16.1. The summed E-state index contributed by atoms with van der Waals surface area (Å²) in [6, 6.07) is 11.4. The standard InChI is InChI=1S/C20H21FN2O3S/c1-3-23-18-10-5-14(19(24)25-4-2)13-17(18)22-20(23)27-12-11-26-16-8-6-15(21)7-9-16/h5-10,13H,3-4,11-12H2,1-2H3. The van der Waals surface area contributed by atoms with Gasteiger partial charge in [0.15, 0.2) is 5.16 Å². The van der Waals surface area contributed by atoms with Crippen LogP contribution in [0, 0.1) is 5.82 Å². The van der Waals surface area contributed by atoms with Gasteiger partial charge in [0.2, 0.25) is 0 Å². The summed E-state index contributed by atoms with van der Waals surface area (Å²) in [6.45, 7) is 5.44. The fraction of sp³-hybridized carbons (Fsp3) is 0.300. The van der Waals surface area contributed by atoms with Crippen LogP contribution in [0.2, 0.25) is 0 Å². The zero-order chi connectivity index (χ0) is 19.2. The van der Waals surface area contributed by atoms with Crippen LogP contribution in [0.25, 0.3) is 11.0 Å².